The first-order valence-electron chi connectivity index (χ1n) is 7.17. The minimum absolute atomic E-state index is 0. The van der Waals surface area contributed by atoms with Crippen molar-refractivity contribution in [1.29, 1.82) is 0 Å². The third kappa shape index (κ3) is 4.74. The number of aromatic nitrogens is 1. The predicted octanol–water partition coefficient (Wildman–Crippen LogP) is 3.72. The zero-order valence-corrected chi connectivity index (χ0v) is 14.7. The molecule has 1 aromatic heterocycles. The monoisotopic (exact) mass is 356 g/mol. The molecule has 1 fully saturated rings. The number of nitrogens with zero attached hydrogens (tertiary/aromatic N) is 1. The van der Waals surface area contributed by atoms with Crippen LogP contribution in [0.4, 0.5) is 0 Å². The highest BCUT2D eigenvalue weighted by Crippen LogP contribution is 2.44. The van der Waals surface area contributed by atoms with E-state index >= 15 is 0 Å². The molecule has 0 amide bonds. The molecule has 0 radical (unpaired) electrons. The number of hydrogen-bond donors (Lipinski definition) is 1. The zero-order chi connectivity index (χ0) is 14.7. The van der Waals surface area contributed by atoms with Crippen LogP contribution in [0.25, 0.3) is 11.1 Å². The van der Waals surface area contributed by atoms with Crippen molar-refractivity contribution in [2.24, 2.45) is 11.1 Å². The largest absolute Gasteiger partial charge is 0.497 e. The molecule has 1 aliphatic rings. The summed E-state index contributed by atoms with van der Waals surface area (Å²) in [4.78, 5) is 4.27. The molecule has 3 rings (SSSR count). The molecule has 1 saturated carbocycles. The van der Waals surface area contributed by atoms with Crippen molar-refractivity contribution in [3.63, 3.8) is 0 Å². The van der Waals surface area contributed by atoms with Crippen LogP contribution in [0.2, 0.25) is 0 Å². The van der Waals surface area contributed by atoms with Crippen molar-refractivity contribution < 1.29 is 9.47 Å². The van der Waals surface area contributed by atoms with E-state index < -0.39 is 0 Å². The van der Waals surface area contributed by atoms with Gasteiger partial charge in [0.1, 0.15) is 11.5 Å². The van der Waals surface area contributed by atoms with Crippen LogP contribution in [0.1, 0.15) is 12.8 Å². The van der Waals surface area contributed by atoms with Crippen molar-refractivity contribution >= 4 is 24.8 Å². The Balaban J connectivity index is 0.00000132. The summed E-state index contributed by atoms with van der Waals surface area (Å²) in [6.07, 6.45) is 5.90. The predicted molar refractivity (Wildman–Crippen MR) is 96.9 cm³/mol. The number of pyridine rings is 1. The van der Waals surface area contributed by atoms with Gasteiger partial charge in [-0.3, -0.25) is 4.98 Å². The summed E-state index contributed by atoms with van der Waals surface area (Å²) in [5, 5.41) is 0. The van der Waals surface area contributed by atoms with Gasteiger partial charge in [0.05, 0.1) is 19.9 Å². The number of rotatable bonds is 6. The first-order valence-corrected chi connectivity index (χ1v) is 7.17. The molecule has 0 unspecified atom stereocenters. The standard InChI is InChI=1S/C17H20N2O2.2ClH/c1-20-15-4-2-3-13(7-15)14-8-16(10-19-9-14)21-12-17(11-18)5-6-17;;/h2-4,7-10H,5-6,11-12,18H2,1H3;2*1H. The summed E-state index contributed by atoms with van der Waals surface area (Å²) < 4.78 is 11.1. The molecule has 0 spiro atoms. The normalized spacial score (nSPS) is 14.2. The summed E-state index contributed by atoms with van der Waals surface area (Å²) in [5.74, 6) is 1.62. The molecule has 1 aliphatic carbocycles. The van der Waals surface area contributed by atoms with Gasteiger partial charge in [-0.05, 0) is 36.6 Å². The van der Waals surface area contributed by atoms with Gasteiger partial charge in [-0.2, -0.15) is 0 Å². The van der Waals surface area contributed by atoms with Gasteiger partial charge in [0.25, 0.3) is 0 Å². The first kappa shape index (κ1) is 19.6. The summed E-state index contributed by atoms with van der Waals surface area (Å²) in [7, 11) is 1.67. The van der Waals surface area contributed by atoms with Crippen LogP contribution < -0.4 is 15.2 Å². The van der Waals surface area contributed by atoms with Gasteiger partial charge < -0.3 is 15.2 Å². The Hall–Kier alpha value is -1.49. The van der Waals surface area contributed by atoms with Crippen LogP contribution in [0.5, 0.6) is 11.5 Å². The molecule has 23 heavy (non-hydrogen) atoms. The average molecular weight is 357 g/mol. The molecule has 4 nitrogen and oxygen atoms in total. The maximum Gasteiger partial charge on any atom is 0.138 e. The molecule has 0 atom stereocenters. The van der Waals surface area contributed by atoms with Crippen molar-refractivity contribution in [2.75, 3.05) is 20.3 Å². The number of methoxy groups -OCH3 is 1. The van der Waals surface area contributed by atoms with E-state index in [1.54, 1.807) is 13.3 Å². The van der Waals surface area contributed by atoms with E-state index in [4.69, 9.17) is 15.2 Å². The van der Waals surface area contributed by atoms with Crippen molar-refractivity contribution in [3.8, 4) is 22.6 Å². The highest BCUT2D eigenvalue weighted by molar-refractivity contribution is 5.85. The van der Waals surface area contributed by atoms with Crippen LogP contribution in [0, 0.1) is 5.41 Å². The Labute approximate surface area is 149 Å². The molecule has 0 bridgehead atoms. The second-order valence-corrected chi connectivity index (χ2v) is 5.63. The quantitative estimate of drug-likeness (QED) is 0.856. The fourth-order valence-corrected chi connectivity index (χ4v) is 2.28. The van der Waals surface area contributed by atoms with Crippen molar-refractivity contribution in [1.82, 2.24) is 4.98 Å². The zero-order valence-electron chi connectivity index (χ0n) is 13.0. The van der Waals surface area contributed by atoms with Gasteiger partial charge >= 0.3 is 0 Å². The second-order valence-electron chi connectivity index (χ2n) is 5.63. The van der Waals surface area contributed by atoms with Gasteiger partial charge in [0.15, 0.2) is 0 Å². The smallest absolute Gasteiger partial charge is 0.138 e. The molecular formula is C17H22Cl2N2O2. The topological polar surface area (TPSA) is 57.4 Å². The number of halogens is 2. The van der Waals surface area contributed by atoms with E-state index in [0.717, 1.165) is 35.5 Å². The fraction of sp³-hybridized carbons (Fsp3) is 0.353. The SMILES string of the molecule is COc1cccc(-c2cncc(OCC3(CN)CC3)c2)c1.Cl.Cl. The minimum Gasteiger partial charge on any atom is -0.497 e. The van der Waals surface area contributed by atoms with E-state index in [2.05, 4.69) is 4.98 Å². The Morgan fingerprint density at radius 1 is 1.09 bits per heavy atom. The maximum atomic E-state index is 5.87. The summed E-state index contributed by atoms with van der Waals surface area (Å²) in [5.41, 5.74) is 8.06. The summed E-state index contributed by atoms with van der Waals surface area (Å²) in [6, 6.07) is 9.92. The van der Waals surface area contributed by atoms with E-state index in [-0.39, 0.29) is 30.2 Å². The van der Waals surface area contributed by atoms with Crippen LogP contribution in [-0.4, -0.2) is 25.2 Å². The Bertz CT molecular complexity index is 633. The lowest BCUT2D eigenvalue weighted by atomic mass is 10.1. The highest BCUT2D eigenvalue weighted by Gasteiger charge is 2.42. The van der Waals surface area contributed by atoms with Gasteiger partial charge in [-0.25, -0.2) is 0 Å². The van der Waals surface area contributed by atoms with Gasteiger partial charge in [0, 0.05) is 23.7 Å². The Kier molecular flexibility index (Phi) is 7.13. The number of hydrogen-bond acceptors (Lipinski definition) is 4. The summed E-state index contributed by atoms with van der Waals surface area (Å²) >= 11 is 0. The Morgan fingerprint density at radius 3 is 2.48 bits per heavy atom. The van der Waals surface area contributed by atoms with Crippen LogP contribution in [-0.2, 0) is 0 Å². The summed E-state index contributed by atoms with van der Waals surface area (Å²) in [6.45, 7) is 1.36. The Morgan fingerprint density at radius 2 is 1.83 bits per heavy atom. The van der Waals surface area contributed by atoms with Crippen LogP contribution in [0.15, 0.2) is 42.7 Å². The number of nitrogens with two attached hydrogens (primary N) is 1. The second kappa shape index (κ2) is 8.39. The third-order valence-corrected chi connectivity index (χ3v) is 4.05. The molecule has 2 aromatic rings. The maximum absolute atomic E-state index is 5.87. The van der Waals surface area contributed by atoms with E-state index in [9.17, 15) is 0 Å². The van der Waals surface area contributed by atoms with Gasteiger partial charge in [-0.15, -0.1) is 24.8 Å². The molecule has 0 aliphatic heterocycles. The molecule has 1 aromatic carbocycles. The number of benzene rings is 1. The average Bonchev–Trinajstić information content (AvgIpc) is 3.34. The fourth-order valence-electron chi connectivity index (χ4n) is 2.28. The molecule has 1 heterocycles. The van der Waals surface area contributed by atoms with E-state index in [0.29, 0.717) is 13.2 Å². The van der Waals surface area contributed by atoms with Crippen molar-refractivity contribution in [3.05, 3.63) is 42.7 Å². The van der Waals surface area contributed by atoms with Gasteiger partial charge in [-0.1, -0.05) is 12.1 Å². The van der Waals surface area contributed by atoms with Crippen LogP contribution in [0.3, 0.4) is 0 Å². The molecule has 126 valence electrons. The van der Waals surface area contributed by atoms with Crippen molar-refractivity contribution in [2.45, 2.75) is 12.8 Å². The van der Waals surface area contributed by atoms with Crippen LogP contribution >= 0.6 is 24.8 Å². The lowest BCUT2D eigenvalue weighted by molar-refractivity contribution is 0.238. The van der Waals surface area contributed by atoms with E-state index in [1.165, 1.54) is 0 Å². The lowest BCUT2D eigenvalue weighted by Gasteiger charge is -2.14. The highest BCUT2D eigenvalue weighted by atomic mass is 35.5. The van der Waals surface area contributed by atoms with E-state index in [1.807, 2.05) is 36.5 Å². The van der Waals surface area contributed by atoms with Gasteiger partial charge in [0.2, 0.25) is 0 Å². The first-order chi connectivity index (χ1) is 10.2. The lowest BCUT2D eigenvalue weighted by Crippen LogP contribution is -2.22. The molecule has 0 saturated heterocycles. The minimum atomic E-state index is 0. The molecular weight excluding hydrogens is 335 g/mol. The third-order valence-electron chi connectivity index (χ3n) is 4.05. The molecule has 2 N–H and O–H groups in total. The number of ether oxygens (including phenoxy) is 2. The molecule has 6 heteroatoms.